The Hall–Kier alpha value is -3.73. The molecule has 1 N–H and O–H groups in total. The normalized spacial score (nSPS) is 10.5. The Balaban J connectivity index is 2.35. The van der Waals surface area contributed by atoms with Gasteiger partial charge in [0, 0.05) is 11.6 Å². The molecule has 0 atom stereocenters. The van der Waals surface area contributed by atoms with Crippen molar-refractivity contribution in [2.75, 3.05) is 0 Å². The van der Waals surface area contributed by atoms with Crippen molar-refractivity contribution < 1.29 is 18.8 Å². The van der Waals surface area contributed by atoms with Gasteiger partial charge in [-0.2, -0.15) is 5.26 Å². The summed E-state index contributed by atoms with van der Waals surface area (Å²) in [6, 6.07) is 9.63. The standard InChI is InChI=1S/C16H7FN2O5/c17-11-5-10-12(20)6-13(9-3-1-8(7-18)2-4-9)24-16(10)14(15(11)21)19(22)23/h1-6,21H. The first kappa shape index (κ1) is 15.2. The van der Waals surface area contributed by atoms with Crippen LogP contribution in [0.25, 0.3) is 22.3 Å². The quantitative estimate of drug-likeness (QED) is 0.571. The topological polar surface area (TPSA) is 117 Å². The van der Waals surface area contributed by atoms with E-state index in [1.807, 2.05) is 6.07 Å². The summed E-state index contributed by atoms with van der Waals surface area (Å²) in [5.74, 6) is -2.49. The van der Waals surface area contributed by atoms with Gasteiger partial charge in [-0.25, -0.2) is 4.39 Å². The summed E-state index contributed by atoms with van der Waals surface area (Å²) in [7, 11) is 0. The lowest BCUT2D eigenvalue weighted by molar-refractivity contribution is -0.384. The van der Waals surface area contributed by atoms with Crippen molar-refractivity contribution in [1.29, 1.82) is 5.26 Å². The third-order valence-corrected chi connectivity index (χ3v) is 3.40. The highest BCUT2D eigenvalue weighted by Crippen LogP contribution is 2.37. The minimum atomic E-state index is -1.28. The number of phenols is 1. The summed E-state index contributed by atoms with van der Waals surface area (Å²) < 4.78 is 19.0. The smallest absolute Gasteiger partial charge is 0.356 e. The van der Waals surface area contributed by atoms with Gasteiger partial charge < -0.3 is 9.52 Å². The lowest BCUT2D eigenvalue weighted by atomic mass is 10.1. The SMILES string of the molecule is N#Cc1ccc(-c2cc(=O)c3cc(F)c(O)c([N+](=O)[O-])c3o2)cc1. The van der Waals surface area contributed by atoms with E-state index in [1.54, 1.807) is 0 Å². The fourth-order valence-electron chi connectivity index (χ4n) is 2.25. The molecule has 1 aromatic heterocycles. The second-order valence-electron chi connectivity index (χ2n) is 4.85. The second-order valence-corrected chi connectivity index (χ2v) is 4.85. The van der Waals surface area contributed by atoms with Gasteiger partial charge in [-0.3, -0.25) is 14.9 Å². The summed E-state index contributed by atoms with van der Waals surface area (Å²) in [5.41, 5.74) is -1.46. The Morgan fingerprint density at radius 1 is 1.25 bits per heavy atom. The summed E-state index contributed by atoms with van der Waals surface area (Å²) in [5, 5.41) is 29.1. The molecule has 0 aliphatic carbocycles. The number of nitro groups is 1. The Morgan fingerprint density at radius 3 is 2.50 bits per heavy atom. The van der Waals surface area contributed by atoms with E-state index in [-0.39, 0.29) is 11.1 Å². The van der Waals surface area contributed by atoms with E-state index < -0.39 is 33.2 Å². The Kier molecular flexibility index (Phi) is 3.46. The maximum Gasteiger partial charge on any atom is 0.356 e. The van der Waals surface area contributed by atoms with E-state index in [9.17, 15) is 24.4 Å². The Labute approximate surface area is 133 Å². The molecule has 0 fully saturated rings. The van der Waals surface area contributed by atoms with Crippen LogP contribution in [0.3, 0.4) is 0 Å². The number of halogens is 1. The largest absolute Gasteiger partial charge is 0.500 e. The number of hydrogen-bond acceptors (Lipinski definition) is 6. The monoisotopic (exact) mass is 326 g/mol. The number of fused-ring (bicyclic) bond motifs is 1. The molecular formula is C16H7FN2O5. The molecule has 1 heterocycles. The first-order valence-corrected chi connectivity index (χ1v) is 6.56. The van der Waals surface area contributed by atoms with Crippen LogP contribution in [0.1, 0.15) is 5.56 Å². The third-order valence-electron chi connectivity index (χ3n) is 3.40. The van der Waals surface area contributed by atoms with Crippen molar-refractivity contribution in [3.63, 3.8) is 0 Å². The lowest BCUT2D eigenvalue weighted by Crippen LogP contribution is -2.03. The number of rotatable bonds is 2. The average molecular weight is 326 g/mol. The van der Waals surface area contributed by atoms with Crippen LogP contribution >= 0.6 is 0 Å². The second kappa shape index (κ2) is 5.48. The molecule has 0 amide bonds. The first-order valence-electron chi connectivity index (χ1n) is 6.56. The zero-order valence-corrected chi connectivity index (χ0v) is 11.8. The molecule has 3 rings (SSSR count). The van der Waals surface area contributed by atoms with E-state index in [1.165, 1.54) is 24.3 Å². The van der Waals surface area contributed by atoms with Gasteiger partial charge in [-0.15, -0.1) is 0 Å². The van der Waals surface area contributed by atoms with Gasteiger partial charge >= 0.3 is 5.69 Å². The number of nitrogens with zero attached hydrogens (tertiary/aromatic N) is 2. The van der Waals surface area contributed by atoms with E-state index in [0.29, 0.717) is 17.2 Å². The molecule has 2 aromatic carbocycles. The van der Waals surface area contributed by atoms with Crippen molar-refractivity contribution in [2.24, 2.45) is 0 Å². The van der Waals surface area contributed by atoms with Crippen molar-refractivity contribution in [3.8, 4) is 23.1 Å². The molecule has 0 unspecified atom stereocenters. The molecule has 0 aliphatic heterocycles. The van der Waals surface area contributed by atoms with E-state index in [0.717, 1.165) is 6.07 Å². The molecule has 0 bridgehead atoms. The van der Waals surface area contributed by atoms with Crippen LogP contribution < -0.4 is 5.43 Å². The predicted octanol–water partition coefficient (Wildman–Crippen LogP) is 3.08. The van der Waals surface area contributed by atoms with Crippen molar-refractivity contribution in [2.45, 2.75) is 0 Å². The van der Waals surface area contributed by atoms with E-state index in [2.05, 4.69) is 0 Å². The van der Waals surface area contributed by atoms with Gasteiger partial charge in [0.15, 0.2) is 11.2 Å². The maximum absolute atomic E-state index is 13.6. The number of benzene rings is 2. The minimum absolute atomic E-state index is 0.00824. The van der Waals surface area contributed by atoms with Crippen LogP contribution in [0, 0.1) is 27.3 Å². The van der Waals surface area contributed by atoms with Crippen molar-refractivity contribution >= 4 is 16.7 Å². The molecule has 0 saturated heterocycles. The molecule has 118 valence electrons. The first-order chi connectivity index (χ1) is 11.4. The van der Waals surface area contributed by atoms with Crippen LogP contribution in [-0.4, -0.2) is 10.0 Å². The lowest BCUT2D eigenvalue weighted by Gasteiger charge is -2.05. The zero-order valence-electron chi connectivity index (χ0n) is 11.8. The van der Waals surface area contributed by atoms with Gasteiger partial charge in [0.25, 0.3) is 0 Å². The van der Waals surface area contributed by atoms with Crippen LogP contribution in [0.4, 0.5) is 10.1 Å². The Morgan fingerprint density at radius 2 is 1.92 bits per heavy atom. The summed E-state index contributed by atoms with van der Waals surface area (Å²) in [4.78, 5) is 22.2. The Bertz CT molecular complexity index is 1080. The van der Waals surface area contributed by atoms with Crippen LogP contribution in [0.2, 0.25) is 0 Å². The van der Waals surface area contributed by atoms with Gasteiger partial charge in [-0.1, -0.05) is 0 Å². The predicted molar refractivity (Wildman–Crippen MR) is 80.9 cm³/mol. The molecule has 3 aromatic rings. The van der Waals surface area contributed by atoms with Gasteiger partial charge in [0.2, 0.25) is 11.3 Å². The van der Waals surface area contributed by atoms with Crippen molar-refractivity contribution in [1.82, 2.24) is 0 Å². The number of nitro benzene ring substituents is 1. The molecule has 7 nitrogen and oxygen atoms in total. The highest BCUT2D eigenvalue weighted by Gasteiger charge is 2.27. The fourth-order valence-corrected chi connectivity index (χ4v) is 2.25. The van der Waals surface area contributed by atoms with E-state index in [4.69, 9.17) is 9.68 Å². The highest BCUT2D eigenvalue weighted by molar-refractivity contribution is 5.89. The van der Waals surface area contributed by atoms with Gasteiger partial charge in [-0.05, 0) is 30.3 Å². The molecule has 0 radical (unpaired) electrons. The summed E-state index contributed by atoms with van der Waals surface area (Å²) in [6.45, 7) is 0. The van der Waals surface area contributed by atoms with Crippen LogP contribution in [0.5, 0.6) is 5.75 Å². The maximum atomic E-state index is 13.6. The number of phenolic OH excluding ortho intramolecular Hbond substituents is 1. The molecule has 8 heteroatoms. The zero-order chi connectivity index (χ0) is 17.4. The molecule has 0 spiro atoms. The van der Waals surface area contributed by atoms with Gasteiger partial charge in [0.05, 0.1) is 21.9 Å². The summed E-state index contributed by atoms with van der Waals surface area (Å²) in [6.07, 6.45) is 0. The van der Waals surface area contributed by atoms with Crippen molar-refractivity contribution in [3.05, 3.63) is 68.1 Å². The van der Waals surface area contributed by atoms with E-state index >= 15 is 0 Å². The summed E-state index contributed by atoms with van der Waals surface area (Å²) >= 11 is 0. The van der Waals surface area contributed by atoms with Crippen LogP contribution in [-0.2, 0) is 0 Å². The number of aromatic hydroxyl groups is 1. The molecule has 0 aliphatic rings. The number of nitriles is 1. The third kappa shape index (κ3) is 2.34. The minimum Gasteiger partial charge on any atom is -0.500 e. The average Bonchev–Trinajstić information content (AvgIpc) is 2.56. The molecule has 24 heavy (non-hydrogen) atoms. The van der Waals surface area contributed by atoms with Crippen LogP contribution in [0.15, 0.2) is 45.6 Å². The highest BCUT2D eigenvalue weighted by atomic mass is 19.1. The van der Waals surface area contributed by atoms with Gasteiger partial charge in [0.1, 0.15) is 5.76 Å². The molecular weight excluding hydrogens is 319 g/mol. The fraction of sp³-hybridized carbons (Fsp3) is 0. The molecule has 0 saturated carbocycles. The number of hydrogen-bond donors (Lipinski definition) is 1.